The normalized spacial score (nSPS) is 10.5. The molecule has 21 heavy (non-hydrogen) atoms. The largest absolute Gasteiger partial charge is 0.373 e. The van der Waals surface area contributed by atoms with Gasteiger partial charge in [0.25, 0.3) is 0 Å². The fourth-order valence-electron chi connectivity index (χ4n) is 1.81. The standard InChI is InChI=1S/C17H13N3S/c1-18-16-11-10-13(12-19-16)6-2-5-9-17-20-14-7-3-4-8-15(14)21-17/h3-5,7-12H,1H3,(H,18,19). The minimum absolute atomic E-state index is 0.838. The molecule has 0 unspecified atom stereocenters. The van der Waals surface area contributed by atoms with Crippen molar-refractivity contribution in [2.45, 2.75) is 0 Å². The van der Waals surface area contributed by atoms with Crippen molar-refractivity contribution in [2.24, 2.45) is 0 Å². The fraction of sp³-hybridized carbons (Fsp3) is 0.0588. The van der Waals surface area contributed by atoms with E-state index in [-0.39, 0.29) is 0 Å². The van der Waals surface area contributed by atoms with Crippen LogP contribution in [0.4, 0.5) is 5.82 Å². The zero-order valence-corrected chi connectivity index (χ0v) is 12.3. The summed E-state index contributed by atoms with van der Waals surface area (Å²) in [6, 6.07) is 12.0. The van der Waals surface area contributed by atoms with Gasteiger partial charge in [0.05, 0.1) is 10.2 Å². The van der Waals surface area contributed by atoms with Crippen molar-refractivity contribution in [3.05, 3.63) is 59.2 Å². The average Bonchev–Trinajstić information content (AvgIpc) is 2.95. The van der Waals surface area contributed by atoms with E-state index >= 15 is 0 Å². The lowest BCUT2D eigenvalue weighted by atomic mass is 10.3. The SMILES string of the molecule is CNc1ccc(C#CC=Cc2nc3ccccc3s2)cn1. The number of fused-ring (bicyclic) bond motifs is 1. The first-order chi connectivity index (χ1) is 10.3. The van der Waals surface area contributed by atoms with Gasteiger partial charge in [-0.2, -0.15) is 0 Å². The molecule has 0 aliphatic rings. The Morgan fingerprint density at radius 2 is 2.10 bits per heavy atom. The lowest BCUT2D eigenvalue weighted by molar-refractivity contribution is 1.28. The lowest BCUT2D eigenvalue weighted by Gasteiger charge is -1.96. The number of benzene rings is 1. The van der Waals surface area contributed by atoms with E-state index in [1.54, 1.807) is 17.5 Å². The first-order valence-corrected chi connectivity index (χ1v) is 7.34. The molecular weight excluding hydrogens is 278 g/mol. The van der Waals surface area contributed by atoms with E-state index in [9.17, 15) is 0 Å². The number of aromatic nitrogens is 2. The zero-order chi connectivity index (χ0) is 14.5. The summed E-state index contributed by atoms with van der Waals surface area (Å²) in [4.78, 5) is 8.74. The number of allylic oxidation sites excluding steroid dienone is 1. The maximum Gasteiger partial charge on any atom is 0.125 e. The summed E-state index contributed by atoms with van der Waals surface area (Å²) in [6.07, 6.45) is 5.52. The highest BCUT2D eigenvalue weighted by atomic mass is 32.1. The first-order valence-electron chi connectivity index (χ1n) is 6.52. The third kappa shape index (κ3) is 3.28. The van der Waals surface area contributed by atoms with Gasteiger partial charge >= 0.3 is 0 Å². The van der Waals surface area contributed by atoms with Gasteiger partial charge < -0.3 is 5.32 Å². The Labute approximate surface area is 127 Å². The van der Waals surface area contributed by atoms with Crippen LogP contribution in [0, 0.1) is 11.8 Å². The molecular formula is C17H13N3S. The lowest BCUT2D eigenvalue weighted by Crippen LogP contribution is -1.90. The van der Waals surface area contributed by atoms with Gasteiger partial charge in [-0.25, -0.2) is 9.97 Å². The smallest absolute Gasteiger partial charge is 0.125 e. The molecule has 0 atom stereocenters. The molecule has 0 fully saturated rings. The molecule has 0 saturated carbocycles. The summed E-state index contributed by atoms with van der Waals surface area (Å²) < 4.78 is 1.19. The predicted molar refractivity (Wildman–Crippen MR) is 89.3 cm³/mol. The van der Waals surface area contributed by atoms with Gasteiger partial charge in [0, 0.05) is 18.8 Å². The maximum atomic E-state index is 4.52. The third-order valence-electron chi connectivity index (χ3n) is 2.86. The molecule has 4 heteroatoms. The van der Waals surface area contributed by atoms with Crippen molar-refractivity contribution in [3.63, 3.8) is 0 Å². The van der Waals surface area contributed by atoms with Crippen LogP contribution in [0.25, 0.3) is 16.3 Å². The third-order valence-corrected chi connectivity index (χ3v) is 3.86. The van der Waals surface area contributed by atoms with Crippen molar-refractivity contribution in [1.82, 2.24) is 9.97 Å². The van der Waals surface area contributed by atoms with Crippen molar-refractivity contribution < 1.29 is 0 Å². The van der Waals surface area contributed by atoms with E-state index in [2.05, 4.69) is 33.2 Å². The number of thiazole rings is 1. The minimum Gasteiger partial charge on any atom is -0.373 e. The molecule has 0 bridgehead atoms. The van der Waals surface area contributed by atoms with Gasteiger partial charge in [0.15, 0.2) is 0 Å². The number of para-hydroxylation sites is 1. The van der Waals surface area contributed by atoms with E-state index in [4.69, 9.17) is 0 Å². The monoisotopic (exact) mass is 291 g/mol. The van der Waals surface area contributed by atoms with E-state index < -0.39 is 0 Å². The molecule has 2 aromatic heterocycles. The molecule has 1 aromatic carbocycles. The van der Waals surface area contributed by atoms with Gasteiger partial charge in [-0.1, -0.05) is 24.0 Å². The summed E-state index contributed by atoms with van der Waals surface area (Å²) >= 11 is 1.66. The fourth-order valence-corrected chi connectivity index (χ4v) is 2.69. The van der Waals surface area contributed by atoms with Gasteiger partial charge in [0.1, 0.15) is 10.8 Å². The summed E-state index contributed by atoms with van der Waals surface area (Å²) in [7, 11) is 1.84. The molecule has 1 N–H and O–H groups in total. The number of nitrogens with one attached hydrogen (secondary N) is 1. The van der Waals surface area contributed by atoms with E-state index in [0.29, 0.717) is 0 Å². The van der Waals surface area contributed by atoms with Crippen LogP contribution in [-0.4, -0.2) is 17.0 Å². The van der Waals surface area contributed by atoms with E-state index in [0.717, 1.165) is 21.9 Å². The average molecular weight is 291 g/mol. The number of hydrogen-bond donors (Lipinski definition) is 1. The van der Waals surface area contributed by atoms with Gasteiger partial charge in [-0.3, -0.25) is 0 Å². The summed E-state index contributed by atoms with van der Waals surface area (Å²) in [5.74, 6) is 6.90. The minimum atomic E-state index is 0.838. The number of rotatable bonds is 2. The highest BCUT2D eigenvalue weighted by Crippen LogP contribution is 2.22. The molecule has 0 radical (unpaired) electrons. The van der Waals surface area contributed by atoms with Crippen molar-refractivity contribution in [3.8, 4) is 11.8 Å². The second-order valence-electron chi connectivity index (χ2n) is 4.30. The summed E-state index contributed by atoms with van der Waals surface area (Å²) in [5, 5.41) is 3.94. The molecule has 0 amide bonds. The molecule has 0 spiro atoms. The van der Waals surface area contributed by atoms with E-state index in [1.807, 2.05) is 49.5 Å². The van der Waals surface area contributed by atoms with Crippen molar-refractivity contribution in [2.75, 3.05) is 12.4 Å². The van der Waals surface area contributed by atoms with Crippen LogP contribution in [0.5, 0.6) is 0 Å². The maximum absolute atomic E-state index is 4.52. The van der Waals surface area contributed by atoms with Crippen LogP contribution in [-0.2, 0) is 0 Å². The number of pyridine rings is 1. The van der Waals surface area contributed by atoms with Gasteiger partial charge in [0.2, 0.25) is 0 Å². The molecule has 102 valence electrons. The van der Waals surface area contributed by atoms with Crippen LogP contribution in [0.2, 0.25) is 0 Å². The first kappa shape index (κ1) is 13.3. The quantitative estimate of drug-likeness (QED) is 0.730. The van der Waals surface area contributed by atoms with Crippen LogP contribution in [0.15, 0.2) is 48.7 Å². The molecule has 3 nitrogen and oxygen atoms in total. The Balaban J connectivity index is 1.73. The van der Waals surface area contributed by atoms with Crippen LogP contribution in [0.1, 0.15) is 10.6 Å². The summed E-state index contributed by atoms with van der Waals surface area (Å²) in [5.41, 5.74) is 1.92. The van der Waals surface area contributed by atoms with Crippen LogP contribution >= 0.6 is 11.3 Å². The Kier molecular flexibility index (Phi) is 3.95. The zero-order valence-electron chi connectivity index (χ0n) is 11.5. The second kappa shape index (κ2) is 6.21. The summed E-state index contributed by atoms with van der Waals surface area (Å²) in [6.45, 7) is 0. The molecule has 0 saturated heterocycles. The molecule has 3 aromatic rings. The van der Waals surface area contributed by atoms with Gasteiger partial charge in [-0.15, -0.1) is 11.3 Å². The highest BCUT2D eigenvalue weighted by molar-refractivity contribution is 7.19. The molecule has 3 rings (SSSR count). The van der Waals surface area contributed by atoms with Gasteiger partial charge in [-0.05, 0) is 36.4 Å². The van der Waals surface area contributed by atoms with Crippen LogP contribution in [0.3, 0.4) is 0 Å². The Morgan fingerprint density at radius 1 is 1.19 bits per heavy atom. The molecule has 0 aliphatic heterocycles. The van der Waals surface area contributed by atoms with Crippen molar-refractivity contribution in [1.29, 1.82) is 0 Å². The highest BCUT2D eigenvalue weighted by Gasteiger charge is 1.98. The number of hydrogen-bond acceptors (Lipinski definition) is 4. The van der Waals surface area contributed by atoms with Crippen molar-refractivity contribution >= 4 is 33.4 Å². The number of anilines is 1. The molecule has 0 aliphatic carbocycles. The Morgan fingerprint density at radius 3 is 2.86 bits per heavy atom. The topological polar surface area (TPSA) is 37.8 Å². The second-order valence-corrected chi connectivity index (χ2v) is 5.37. The Bertz CT molecular complexity index is 803. The number of nitrogens with zero attached hydrogens (tertiary/aromatic N) is 2. The molecule has 2 heterocycles. The van der Waals surface area contributed by atoms with E-state index in [1.165, 1.54) is 4.70 Å². The van der Waals surface area contributed by atoms with Crippen LogP contribution < -0.4 is 5.32 Å². The Hall–Kier alpha value is -2.64. The predicted octanol–water partition coefficient (Wildman–Crippen LogP) is 3.80.